The Morgan fingerprint density at radius 3 is 2.78 bits per heavy atom. The molecule has 0 aromatic carbocycles. The smallest absolute Gasteiger partial charge is 0.225 e. The van der Waals surface area contributed by atoms with Crippen molar-refractivity contribution in [1.29, 1.82) is 0 Å². The summed E-state index contributed by atoms with van der Waals surface area (Å²) in [5, 5.41) is 3.04. The average molecular weight is 315 g/mol. The summed E-state index contributed by atoms with van der Waals surface area (Å²) < 4.78 is 0. The molecule has 2 amide bonds. The van der Waals surface area contributed by atoms with E-state index < -0.39 is 0 Å². The molecule has 0 radical (unpaired) electrons. The van der Waals surface area contributed by atoms with Crippen molar-refractivity contribution in [3.63, 3.8) is 0 Å². The van der Waals surface area contributed by atoms with E-state index in [1.54, 1.807) is 6.20 Å². The van der Waals surface area contributed by atoms with Gasteiger partial charge in [-0.2, -0.15) is 0 Å². The second-order valence-electron chi connectivity index (χ2n) is 6.94. The van der Waals surface area contributed by atoms with Gasteiger partial charge in [0.25, 0.3) is 0 Å². The fourth-order valence-corrected chi connectivity index (χ4v) is 3.60. The lowest BCUT2D eigenvalue weighted by atomic mass is 9.88. The van der Waals surface area contributed by atoms with Gasteiger partial charge in [-0.25, -0.2) is 0 Å². The maximum Gasteiger partial charge on any atom is 0.225 e. The topological polar surface area (TPSA) is 62.3 Å². The summed E-state index contributed by atoms with van der Waals surface area (Å²) >= 11 is 0. The van der Waals surface area contributed by atoms with E-state index in [4.69, 9.17) is 0 Å². The van der Waals surface area contributed by atoms with Crippen molar-refractivity contribution < 1.29 is 9.59 Å². The van der Waals surface area contributed by atoms with Crippen molar-refractivity contribution in [3.05, 3.63) is 30.1 Å². The molecule has 1 saturated heterocycles. The van der Waals surface area contributed by atoms with E-state index in [0.717, 1.165) is 31.5 Å². The third-order valence-electron chi connectivity index (χ3n) is 5.03. The molecule has 3 rings (SSSR count). The maximum absolute atomic E-state index is 12.5. The minimum absolute atomic E-state index is 0.0556. The minimum atomic E-state index is -0.124. The molecular formula is C18H25N3O2. The minimum Gasteiger partial charge on any atom is -0.348 e. The lowest BCUT2D eigenvalue weighted by Crippen LogP contribution is -2.45. The molecule has 1 aromatic rings. The van der Waals surface area contributed by atoms with Crippen LogP contribution in [0.25, 0.3) is 0 Å². The van der Waals surface area contributed by atoms with E-state index >= 15 is 0 Å². The molecular weight excluding hydrogens is 290 g/mol. The van der Waals surface area contributed by atoms with Gasteiger partial charge in [0.15, 0.2) is 0 Å². The van der Waals surface area contributed by atoms with Crippen LogP contribution >= 0.6 is 0 Å². The van der Waals surface area contributed by atoms with Crippen LogP contribution < -0.4 is 5.32 Å². The number of rotatable bonds is 4. The zero-order valence-electron chi connectivity index (χ0n) is 13.9. The number of likely N-dealkylation sites (tertiary alicyclic amines) is 1. The average Bonchev–Trinajstić information content (AvgIpc) is 3.29. The van der Waals surface area contributed by atoms with Crippen molar-refractivity contribution in [1.82, 2.24) is 15.2 Å². The van der Waals surface area contributed by atoms with Crippen LogP contribution in [0.2, 0.25) is 0 Å². The fourth-order valence-electron chi connectivity index (χ4n) is 3.60. The first-order valence-corrected chi connectivity index (χ1v) is 8.53. The van der Waals surface area contributed by atoms with Crippen molar-refractivity contribution >= 4 is 11.8 Å². The molecule has 1 saturated carbocycles. The molecule has 1 aliphatic heterocycles. The maximum atomic E-state index is 12.5. The van der Waals surface area contributed by atoms with Crippen LogP contribution in [0.5, 0.6) is 0 Å². The number of hydrogen-bond donors (Lipinski definition) is 1. The molecule has 0 bridgehead atoms. The van der Waals surface area contributed by atoms with Gasteiger partial charge in [-0.15, -0.1) is 0 Å². The molecule has 4 atom stereocenters. The number of amides is 2. The van der Waals surface area contributed by atoms with E-state index in [-0.39, 0.29) is 23.8 Å². The van der Waals surface area contributed by atoms with Crippen molar-refractivity contribution in [3.8, 4) is 0 Å². The van der Waals surface area contributed by atoms with Crippen LogP contribution in [0.4, 0.5) is 0 Å². The number of pyridine rings is 1. The van der Waals surface area contributed by atoms with Crippen LogP contribution in [0.15, 0.2) is 24.4 Å². The molecule has 0 unspecified atom stereocenters. The third kappa shape index (κ3) is 3.71. The van der Waals surface area contributed by atoms with E-state index in [1.807, 2.05) is 23.1 Å². The van der Waals surface area contributed by atoms with Crippen molar-refractivity contribution in [2.75, 3.05) is 13.1 Å². The van der Waals surface area contributed by atoms with Crippen molar-refractivity contribution in [2.45, 2.75) is 39.2 Å². The van der Waals surface area contributed by atoms with Gasteiger partial charge >= 0.3 is 0 Å². The quantitative estimate of drug-likeness (QED) is 0.926. The number of carbonyl (C=O) groups excluding carboxylic acids is 2. The number of piperidine rings is 1. The van der Waals surface area contributed by atoms with Crippen LogP contribution in [0.1, 0.15) is 44.8 Å². The van der Waals surface area contributed by atoms with E-state index in [9.17, 15) is 9.59 Å². The Morgan fingerprint density at radius 1 is 1.39 bits per heavy atom. The van der Waals surface area contributed by atoms with Gasteiger partial charge < -0.3 is 10.2 Å². The van der Waals surface area contributed by atoms with Crippen LogP contribution in [0, 0.1) is 17.8 Å². The van der Waals surface area contributed by atoms with Crippen LogP contribution in [-0.4, -0.2) is 34.8 Å². The second kappa shape index (κ2) is 6.69. The SMILES string of the molecule is CC(=O)N[C@H](c1ccccn1)[C@H]1CCCN(C(=O)[C@H]2C[C@@H]2C)C1. The Morgan fingerprint density at radius 2 is 2.17 bits per heavy atom. The molecule has 5 heteroatoms. The fraction of sp³-hybridized carbons (Fsp3) is 0.611. The summed E-state index contributed by atoms with van der Waals surface area (Å²) in [5.41, 5.74) is 0.877. The lowest BCUT2D eigenvalue weighted by molar-refractivity contribution is -0.135. The van der Waals surface area contributed by atoms with E-state index in [0.29, 0.717) is 18.4 Å². The Balaban J connectivity index is 1.73. The number of hydrogen-bond acceptors (Lipinski definition) is 3. The summed E-state index contributed by atoms with van der Waals surface area (Å²) in [6, 6.07) is 5.64. The molecule has 1 aromatic heterocycles. The number of nitrogens with zero attached hydrogens (tertiary/aromatic N) is 2. The Labute approximate surface area is 137 Å². The summed E-state index contributed by atoms with van der Waals surface area (Å²) in [4.78, 5) is 30.6. The summed E-state index contributed by atoms with van der Waals surface area (Å²) in [6.45, 7) is 5.22. The highest BCUT2D eigenvalue weighted by molar-refractivity contribution is 5.81. The van der Waals surface area contributed by atoms with Gasteiger partial charge in [0.2, 0.25) is 11.8 Å². The van der Waals surface area contributed by atoms with Gasteiger partial charge in [0.05, 0.1) is 11.7 Å². The molecule has 2 aliphatic rings. The largest absolute Gasteiger partial charge is 0.348 e. The van der Waals surface area contributed by atoms with Gasteiger partial charge in [0, 0.05) is 38.0 Å². The Kier molecular flexibility index (Phi) is 4.64. The molecule has 5 nitrogen and oxygen atoms in total. The number of aromatic nitrogens is 1. The van der Waals surface area contributed by atoms with Gasteiger partial charge in [0.1, 0.15) is 0 Å². The molecule has 2 fully saturated rings. The summed E-state index contributed by atoms with van der Waals surface area (Å²) in [6.07, 6.45) is 4.77. The van der Waals surface area contributed by atoms with E-state index in [2.05, 4.69) is 17.2 Å². The standard InChI is InChI=1S/C18H25N3O2/c1-12-10-15(12)18(23)21-9-5-6-14(11-21)17(20-13(2)22)16-7-3-4-8-19-16/h3-4,7-8,12,14-15,17H,5-6,9-11H2,1-2H3,(H,20,22)/t12-,14-,15-,17-/m0/s1. The highest BCUT2D eigenvalue weighted by Crippen LogP contribution is 2.40. The predicted octanol–water partition coefficient (Wildman–Crippen LogP) is 2.15. The first-order chi connectivity index (χ1) is 11.1. The highest BCUT2D eigenvalue weighted by Gasteiger charge is 2.43. The van der Waals surface area contributed by atoms with Crippen LogP contribution in [-0.2, 0) is 9.59 Å². The zero-order chi connectivity index (χ0) is 16.4. The van der Waals surface area contributed by atoms with Crippen LogP contribution in [0.3, 0.4) is 0 Å². The number of nitrogens with one attached hydrogen (secondary N) is 1. The lowest BCUT2D eigenvalue weighted by Gasteiger charge is -2.37. The Bertz CT molecular complexity index is 575. The predicted molar refractivity (Wildman–Crippen MR) is 87.4 cm³/mol. The molecule has 0 spiro atoms. The summed E-state index contributed by atoms with van der Waals surface area (Å²) in [7, 11) is 0. The van der Waals surface area contributed by atoms with Gasteiger partial charge in [-0.05, 0) is 37.3 Å². The summed E-state index contributed by atoms with van der Waals surface area (Å²) in [5.74, 6) is 1.22. The second-order valence-corrected chi connectivity index (χ2v) is 6.94. The molecule has 1 N–H and O–H groups in total. The van der Waals surface area contributed by atoms with Gasteiger partial charge in [-0.1, -0.05) is 13.0 Å². The Hall–Kier alpha value is -1.91. The van der Waals surface area contributed by atoms with E-state index in [1.165, 1.54) is 6.92 Å². The first kappa shape index (κ1) is 16.0. The molecule has 2 heterocycles. The first-order valence-electron chi connectivity index (χ1n) is 8.53. The van der Waals surface area contributed by atoms with Gasteiger partial charge in [-0.3, -0.25) is 14.6 Å². The highest BCUT2D eigenvalue weighted by atomic mass is 16.2. The molecule has 1 aliphatic carbocycles. The third-order valence-corrected chi connectivity index (χ3v) is 5.03. The number of carbonyl (C=O) groups is 2. The van der Waals surface area contributed by atoms with Crippen molar-refractivity contribution in [2.24, 2.45) is 17.8 Å². The zero-order valence-corrected chi connectivity index (χ0v) is 13.9. The monoisotopic (exact) mass is 315 g/mol. The normalized spacial score (nSPS) is 28.1. The molecule has 23 heavy (non-hydrogen) atoms. The molecule has 124 valence electrons.